The number of fused-ring (bicyclic) bond motifs is 3. The van der Waals surface area contributed by atoms with Crippen LogP contribution in [0.4, 0.5) is 5.82 Å². The quantitative estimate of drug-likeness (QED) is 0.783. The molecule has 0 aromatic carbocycles. The van der Waals surface area contributed by atoms with Crippen LogP contribution in [0, 0.1) is 0 Å². The van der Waals surface area contributed by atoms with Crippen molar-refractivity contribution in [1.82, 2.24) is 19.8 Å². The second-order valence-corrected chi connectivity index (χ2v) is 11.1. The number of thiophene rings is 1. The van der Waals surface area contributed by atoms with E-state index in [1.54, 1.807) is 0 Å². The van der Waals surface area contributed by atoms with Crippen LogP contribution in [-0.2, 0) is 28.9 Å². The number of hydrogen-bond acceptors (Lipinski definition) is 7. The first kappa shape index (κ1) is 21.1. The molecule has 2 fully saturated rings. The number of hydrogen-bond donors (Lipinski definition) is 1. The highest BCUT2D eigenvalue weighted by atomic mass is 32.1. The van der Waals surface area contributed by atoms with Crippen LogP contribution < -0.4 is 5.32 Å². The van der Waals surface area contributed by atoms with E-state index in [1.165, 1.54) is 28.7 Å². The lowest BCUT2D eigenvalue weighted by atomic mass is 9.97. The monoisotopic (exact) mass is 443 g/mol. The van der Waals surface area contributed by atoms with Gasteiger partial charge in [-0.2, -0.15) is 0 Å². The van der Waals surface area contributed by atoms with Gasteiger partial charge in [0.25, 0.3) is 0 Å². The second kappa shape index (κ2) is 8.30. The predicted molar refractivity (Wildman–Crippen MR) is 124 cm³/mol. The fourth-order valence-corrected chi connectivity index (χ4v) is 6.26. The molecule has 2 aromatic heterocycles. The zero-order valence-electron chi connectivity index (χ0n) is 18.9. The van der Waals surface area contributed by atoms with E-state index in [9.17, 15) is 4.79 Å². The molecule has 0 bridgehead atoms. The van der Waals surface area contributed by atoms with Crippen molar-refractivity contribution in [1.29, 1.82) is 0 Å². The van der Waals surface area contributed by atoms with Crippen molar-refractivity contribution in [3.8, 4) is 0 Å². The third-order valence-corrected chi connectivity index (χ3v) is 7.79. The van der Waals surface area contributed by atoms with E-state index < -0.39 is 0 Å². The van der Waals surface area contributed by atoms with Crippen molar-refractivity contribution >= 4 is 33.3 Å². The Bertz CT molecular complexity index is 976. The lowest BCUT2D eigenvalue weighted by Gasteiger charge is -2.32. The molecule has 0 spiro atoms. The number of anilines is 1. The summed E-state index contributed by atoms with van der Waals surface area (Å²) in [6.45, 7) is 11.2. The van der Waals surface area contributed by atoms with Gasteiger partial charge in [-0.25, -0.2) is 9.97 Å². The Hall–Kier alpha value is -1.77. The highest BCUT2D eigenvalue weighted by molar-refractivity contribution is 7.19. The van der Waals surface area contributed by atoms with Gasteiger partial charge >= 0.3 is 0 Å². The van der Waals surface area contributed by atoms with E-state index in [-0.39, 0.29) is 17.5 Å². The van der Waals surface area contributed by atoms with Crippen LogP contribution >= 0.6 is 11.3 Å². The number of aromatic nitrogens is 2. The number of likely N-dealkylation sites (tertiary alicyclic amines) is 1. The molecule has 1 atom stereocenters. The van der Waals surface area contributed by atoms with Gasteiger partial charge in [0.1, 0.15) is 16.5 Å². The molecular weight excluding hydrogens is 410 g/mol. The van der Waals surface area contributed by atoms with E-state index in [0.717, 1.165) is 68.7 Å². The molecule has 7 nitrogen and oxygen atoms in total. The van der Waals surface area contributed by atoms with Gasteiger partial charge in [-0.05, 0) is 52.0 Å². The van der Waals surface area contributed by atoms with Crippen molar-refractivity contribution in [2.75, 3.05) is 38.2 Å². The van der Waals surface area contributed by atoms with Gasteiger partial charge in [0.2, 0.25) is 5.91 Å². The van der Waals surface area contributed by atoms with Crippen LogP contribution in [-0.4, -0.2) is 70.1 Å². The number of ether oxygens (including phenoxy) is 1. The molecule has 2 aromatic rings. The highest BCUT2D eigenvalue weighted by Gasteiger charge is 2.37. The van der Waals surface area contributed by atoms with Gasteiger partial charge in [-0.3, -0.25) is 9.69 Å². The Kier molecular flexibility index (Phi) is 5.65. The summed E-state index contributed by atoms with van der Waals surface area (Å²) >= 11 is 1.84. The van der Waals surface area contributed by atoms with Crippen molar-refractivity contribution < 1.29 is 9.53 Å². The van der Waals surface area contributed by atoms with Crippen molar-refractivity contribution in [3.05, 3.63) is 16.3 Å². The van der Waals surface area contributed by atoms with E-state index in [0.29, 0.717) is 6.42 Å². The average Bonchev–Trinajstić information content (AvgIpc) is 3.28. The lowest BCUT2D eigenvalue weighted by molar-refractivity contribution is -0.131. The first-order valence-electron chi connectivity index (χ1n) is 11.6. The van der Waals surface area contributed by atoms with Gasteiger partial charge in [0.15, 0.2) is 0 Å². The maximum atomic E-state index is 12.6. The Morgan fingerprint density at radius 2 is 1.94 bits per heavy atom. The molecule has 5 rings (SSSR count). The van der Waals surface area contributed by atoms with Crippen molar-refractivity contribution in [3.63, 3.8) is 0 Å². The van der Waals surface area contributed by atoms with E-state index in [1.807, 2.05) is 16.2 Å². The third-order valence-electron chi connectivity index (χ3n) is 6.61. The van der Waals surface area contributed by atoms with Crippen molar-refractivity contribution in [2.45, 2.75) is 71.0 Å². The fourth-order valence-electron chi connectivity index (χ4n) is 4.98. The number of carbonyl (C=O) groups excluding carboxylic acids is 1. The smallest absolute Gasteiger partial charge is 0.225 e. The number of amides is 1. The van der Waals surface area contributed by atoms with Gasteiger partial charge in [0, 0.05) is 36.5 Å². The molecule has 1 N–H and O–H groups in total. The first-order valence-corrected chi connectivity index (χ1v) is 12.4. The molecule has 0 saturated carbocycles. The van der Waals surface area contributed by atoms with Crippen LogP contribution in [0.25, 0.3) is 10.2 Å². The molecule has 3 aliphatic rings. The zero-order chi connectivity index (χ0) is 21.6. The van der Waals surface area contributed by atoms with Gasteiger partial charge in [-0.1, -0.05) is 0 Å². The van der Waals surface area contributed by atoms with Crippen LogP contribution in [0.15, 0.2) is 0 Å². The SMILES string of the molecule is CC(C)(C)N1CC(Nc2nc(CN3CCOCC3)nc3sc4c(c23)CCCC4)CC1=O. The van der Waals surface area contributed by atoms with Crippen LogP contribution in [0.5, 0.6) is 0 Å². The van der Waals surface area contributed by atoms with Crippen molar-refractivity contribution in [2.24, 2.45) is 0 Å². The Morgan fingerprint density at radius 1 is 1.16 bits per heavy atom. The minimum atomic E-state index is -0.155. The van der Waals surface area contributed by atoms with Gasteiger partial charge in [0.05, 0.1) is 31.2 Å². The normalized spacial score (nSPS) is 22.9. The van der Waals surface area contributed by atoms with E-state index in [4.69, 9.17) is 14.7 Å². The number of aryl methyl sites for hydroxylation is 2. The standard InChI is InChI=1S/C23H33N5O2S/c1-23(2,3)28-13-15(12-19(28)29)24-21-20-16-6-4-5-7-17(16)31-22(20)26-18(25-21)14-27-8-10-30-11-9-27/h15H,4-14H2,1-3H3,(H,24,25,26). The zero-order valence-corrected chi connectivity index (χ0v) is 19.7. The summed E-state index contributed by atoms with van der Waals surface area (Å²) in [5.74, 6) is 2.02. The summed E-state index contributed by atoms with van der Waals surface area (Å²) in [6, 6.07) is 0.0835. The Labute approximate surface area is 188 Å². The molecule has 0 radical (unpaired) electrons. The molecule has 31 heavy (non-hydrogen) atoms. The molecule has 8 heteroatoms. The maximum absolute atomic E-state index is 12.6. The predicted octanol–water partition coefficient (Wildman–Crippen LogP) is 3.21. The summed E-state index contributed by atoms with van der Waals surface area (Å²) in [5, 5.41) is 4.88. The van der Waals surface area contributed by atoms with Gasteiger partial charge in [-0.15, -0.1) is 11.3 Å². The number of nitrogens with zero attached hydrogens (tertiary/aromatic N) is 4. The molecule has 4 heterocycles. The van der Waals surface area contributed by atoms with Crippen LogP contribution in [0.1, 0.15) is 56.3 Å². The fraction of sp³-hybridized carbons (Fsp3) is 0.696. The summed E-state index contributed by atoms with van der Waals surface area (Å²) < 4.78 is 5.49. The van der Waals surface area contributed by atoms with E-state index in [2.05, 4.69) is 31.0 Å². The van der Waals surface area contributed by atoms with E-state index >= 15 is 0 Å². The maximum Gasteiger partial charge on any atom is 0.225 e. The van der Waals surface area contributed by atoms with Crippen LogP contribution in [0.2, 0.25) is 0 Å². The summed E-state index contributed by atoms with van der Waals surface area (Å²) in [6.07, 6.45) is 5.26. The lowest BCUT2D eigenvalue weighted by Crippen LogP contribution is -2.43. The summed E-state index contributed by atoms with van der Waals surface area (Å²) in [7, 11) is 0. The molecule has 1 amide bonds. The summed E-state index contributed by atoms with van der Waals surface area (Å²) in [5.41, 5.74) is 1.28. The minimum Gasteiger partial charge on any atom is -0.379 e. The first-order chi connectivity index (χ1) is 14.9. The molecule has 168 valence electrons. The third kappa shape index (κ3) is 4.30. The largest absolute Gasteiger partial charge is 0.379 e. The van der Waals surface area contributed by atoms with Gasteiger partial charge < -0.3 is 15.0 Å². The molecule has 2 aliphatic heterocycles. The number of nitrogens with one attached hydrogen (secondary N) is 1. The average molecular weight is 444 g/mol. The number of morpholine rings is 1. The molecule has 1 aliphatic carbocycles. The molecule has 1 unspecified atom stereocenters. The molecular formula is C23H33N5O2S. The topological polar surface area (TPSA) is 70.6 Å². The Morgan fingerprint density at radius 3 is 2.68 bits per heavy atom. The minimum absolute atomic E-state index is 0.0835. The second-order valence-electron chi connectivity index (χ2n) is 9.99. The summed E-state index contributed by atoms with van der Waals surface area (Å²) in [4.78, 5) is 29.6. The highest BCUT2D eigenvalue weighted by Crippen LogP contribution is 2.39. The molecule has 2 saturated heterocycles. The van der Waals surface area contributed by atoms with Crippen LogP contribution in [0.3, 0.4) is 0 Å². The number of rotatable bonds is 4. The number of carbonyl (C=O) groups is 1. The Balaban J connectivity index is 1.47.